The van der Waals surface area contributed by atoms with E-state index in [9.17, 15) is 0 Å². The summed E-state index contributed by atoms with van der Waals surface area (Å²) in [5, 5.41) is 11.1. The normalized spacial score (nSPS) is 16.4. The molecule has 1 saturated heterocycles. The van der Waals surface area contributed by atoms with Gasteiger partial charge in [-0.05, 0) is 43.6 Å². The maximum absolute atomic E-state index is 4.13. The van der Waals surface area contributed by atoms with Crippen LogP contribution in [0, 0.1) is 0 Å². The lowest BCUT2D eigenvalue weighted by Gasteiger charge is -2.24. The molecule has 0 aliphatic carbocycles. The minimum absolute atomic E-state index is 0.586. The van der Waals surface area contributed by atoms with E-state index in [0.29, 0.717) is 6.04 Å². The molecule has 1 fully saturated rings. The Hall–Kier alpha value is -1.88. The first kappa shape index (κ1) is 12.2. The standard InChI is InChI=1S/C14H19N5/c1-2-12(9-19-11-16-10-17-19)8-14(3-1)18-13-4-6-15-7-5-13/h1-3,8,10-11,13,15,18H,4-7,9H2. The third-order valence-electron chi connectivity index (χ3n) is 3.45. The number of piperidine rings is 1. The topological polar surface area (TPSA) is 54.8 Å². The first-order valence-electron chi connectivity index (χ1n) is 6.79. The van der Waals surface area contributed by atoms with E-state index in [4.69, 9.17) is 0 Å². The Labute approximate surface area is 113 Å². The molecule has 0 spiro atoms. The van der Waals surface area contributed by atoms with Crippen molar-refractivity contribution in [3.8, 4) is 0 Å². The molecular weight excluding hydrogens is 238 g/mol. The molecule has 100 valence electrons. The molecule has 1 aromatic heterocycles. The summed E-state index contributed by atoms with van der Waals surface area (Å²) in [7, 11) is 0. The average Bonchev–Trinajstić information content (AvgIpc) is 2.93. The summed E-state index contributed by atoms with van der Waals surface area (Å²) in [6.07, 6.45) is 5.69. The van der Waals surface area contributed by atoms with Gasteiger partial charge in [0.2, 0.25) is 0 Å². The molecule has 0 bridgehead atoms. The van der Waals surface area contributed by atoms with Crippen LogP contribution in [0.2, 0.25) is 0 Å². The highest BCUT2D eigenvalue weighted by molar-refractivity contribution is 5.46. The molecule has 5 nitrogen and oxygen atoms in total. The summed E-state index contributed by atoms with van der Waals surface area (Å²) in [5.41, 5.74) is 2.44. The monoisotopic (exact) mass is 257 g/mol. The Bertz CT molecular complexity index is 502. The van der Waals surface area contributed by atoms with Crippen molar-refractivity contribution < 1.29 is 0 Å². The van der Waals surface area contributed by atoms with Gasteiger partial charge in [0, 0.05) is 11.7 Å². The number of nitrogens with one attached hydrogen (secondary N) is 2. The van der Waals surface area contributed by atoms with Gasteiger partial charge in [0.15, 0.2) is 0 Å². The molecule has 0 radical (unpaired) electrons. The molecule has 1 aliphatic rings. The van der Waals surface area contributed by atoms with Gasteiger partial charge in [-0.2, -0.15) is 5.10 Å². The Balaban J connectivity index is 1.65. The molecular formula is C14H19N5. The first-order valence-corrected chi connectivity index (χ1v) is 6.79. The van der Waals surface area contributed by atoms with Crippen LogP contribution in [-0.2, 0) is 6.54 Å². The second-order valence-electron chi connectivity index (χ2n) is 4.96. The van der Waals surface area contributed by atoms with Crippen LogP contribution in [0.4, 0.5) is 5.69 Å². The molecule has 0 amide bonds. The molecule has 3 rings (SSSR count). The van der Waals surface area contributed by atoms with Gasteiger partial charge in [-0.25, -0.2) is 9.67 Å². The van der Waals surface area contributed by atoms with E-state index in [-0.39, 0.29) is 0 Å². The highest BCUT2D eigenvalue weighted by atomic mass is 15.3. The second-order valence-corrected chi connectivity index (χ2v) is 4.96. The molecule has 2 heterocycles. The molecule has 2 aromatic rings. The van der Waals surface area contributed by atoms with Crippen LogP contribution in [0.3, 0.4) is 0 Å². The van der Waals surface area contributed by atoms with Crippen LogP contribution in [-0.4, -0.2) is 33.9 Å². The highest BCUT2D eigenvalue weighted by Crippen LogP contribution is 2.15. The van der Waals surface area contributed by atoms with Crippen molar-refractivity contribution in [2.24, 2.45) is 0 Å². The Morgan fingerprint density at radius 3 is 3.00 bits per heavy atom. The van der Waals surface area contributed by atoms with E-state index < -0.39 is 0 Å². The maximum Gasteiger partial charge on any atom is 0.137 e. The second kappa shape index (κ2) is 5.84. The van der Waals surface area contributed by atoms with Gasteiger partial charge >= 0.3 is 0 Å². The molecule has 1 aromatic carbocycles. The Morgan fingerprint density at radius 2 is 2.21 bits per heavy atom. The molecule has 1 aliphatic heterocycles. The van der Waals surface area contributed by atoms with Crippen LogP contribution in [0.15, 0.2) is 36.9 Å². The predicted octanol–water partition coefficient (Wildman–Crippen LogP) is 1.49. The number of anilines is 1. The van der Waals surface area contributed by atoms with Gasteiger partial charge in [-0.3, -0.25) is 0 Å². The number of rotatable bonds is 4. The van der Waals surface area contributed by atoms with Crippen molar-refractivity contribution in [1.82, 2.24) is 20.1 Å². The summed E-state index contributed by atoms with van der Waals surface area (Å²) < 4.78 is 1.84. The largest absolute Gasteiger partial charge is 0.382 e. The summed E-state index contributed by atoms with van der Waals surface area (Å²) in [5.74, 6) is 0. The van der Waals surface area contributed by atoms with Crippen LogP contribution < -0.4 is 10.6 Å². The summed E-state index contributed by atoms with van der Waals surface area (Å²) in [6, 6.07) is 9.13. The lowest BCUT2D eigenvalue weighted by molar-refractivity contribution is 0.479. The highest BCUT2D eigenvalue weighted by Gasteiger charge is 2.12. The van der Waals surface area contributed by atoms with Crippen molar-refractivity contribution in [3.05, 3.63) is 42.5 Å². The quantitative estimate of drug-likeness (QED) is 0.871. The fourth-order valence-electron chi connectivity index (χ4n) is 2.46. The SMILES string of the molecule is c1cc(Cn2cncn2)cc(NC2CCNCC2)c1. The van der Waals surface area contributed by atoms with Crippen LogP contribution in [0.5, 0.6) is 0 Å². The minimum atomic E-state index is 0.586. The van der Waals surface area contributed by atoms with Crippen LogP contribution in [0.25, 0.3) is 0 Å². The van der Waals surface area contributed by atoms with Gasteiger partial charge in [-0.15, -0.1) is 0 Å². The zero-order valence-electron chi connectivity index (χ0n) is 10.9. The fraction of sp³-hybridized carbons (Fsp3) is 0.429. The first-order chi connectivity index (χ1) is 9.40. The lowest BCUT2D eigenvalue weighted by atomic mass is 10.1. The number of hydrogen-bond acceptors (Lipinski definition) is 4. The summed E-state index contributed by atoms with van der Waals surface area (Å²) in [6.45, 7) is 2.98. The Morgan fingerprint density at radius 1 is 1.32 bits per heavy atom. The third kappa shape index (κ3) is 3.32. The summed E-state index contributed by atoms with van der Waals surface area (Å²) >= 11 is 0. The van der Waals surface area contributed by atoms with Crippen molar-refractivity contribution >= 4 is 5.69 Å². The van der Waals surface area contributed by atoms with E-state index >= 15 is 0 Å². The molecule has 0 saturated carbocycles. The fourth-order valence-corrected chi connectivity index (χ4v) is 2.46. The zero-order valence-corrected chi connectivity index (χ0v) is 10.9. The van der Waals surface area contributed by atoms with Gasteiger partial charge in [0.1, 0.15) is 12.7 Å². The van der Waals surface area contributed by atoms with E-state index in [2.05, 4.69) is 45.0 Å². The van der Waals surface area contributed by atoms with Crippen molar-refractivity contribution in [1.29, 1.82) is 0 Å². The predicted molar refractivity (Wildman–Crippen MR) is 75.1 cm³/mol. The molecule has 19 heavy (non-hydrogen) atoms. The minimum Gasteiger partial charge on any atom is -0.382 e. The van der Waals surface area contributed by atoms with Crippen molar-refractivity contribution in [2.45, 2.75) is 25.4 Å². The molecule has 5 heteroatoms. The van der Waals surface area contributed by atoms with Gasteiger partial charge in [0.25, 0.3) is 0 Å². The van der Waals surface area contributed by atoms with Crippen molar-refractivity contribution in [3.63, 3.8) is 0 Å². The molecule has 0 atom stereocenters. The zero-order chi connectivity index (χ0) is 12.9. The lowest BCUT2D eigenvalue weighted by Crippen LogP contribution is -2.35. The summed E-state index contributed by atoms with van der Waals surface area (Å²) in [4.78, 5) is 3.96. The molecule has 0 unspecified atom stereocenters. The van der Waals surface area contributed by atoms with E-state index in [1.54, 1.807) is 12.7 Å². The number of aromatic nitrogens is 3. The Kier molecular flexibility index (Phi) is 3.74. The number of nitrogens with zero attached hydrogens (tertiary/aromatic N) is 3. The average molecular weight is 257 g/mol. The molecule has 2 N–H and O–H groups in total. The number of benzene rings is 1. The van der Waals surface area contributed by atoms with Crippen molar-refractivity contribution in [2.75, 3.05) is 18.4 Å². The smallest absolute Gasteiger partial charge is 0.137 e. The van der Waals surface area contributed by atoms with Gasteiger partial charge in [0.05, 0.1) is 6.54 Å². The van der Waals surface area contributed by atoms with E-state index in [1.807, 2.05) is 4.68 Å². The van der Waals surface area contributed by atoms with Gasteiger partial charge in [-0.1, -0.05) is 12.1 Å². The number of hydrogen-bond donors (Lipinski definition) is 2. The van der Waals surface area contributed by atoms with E-state index in [0.717, 1.165) is 19.6 Å². The maximum atomic E-state index is 4.13. The third-order valence-corrected chi connectivity index (χ3v) is 3.45. The van der Waals surface area contributed by atoms with E-state index in [1.165, 1.54) is 24.1 Å². The van der Waals surface area contributed by atoms with Gasteiger partial charge < -0.3 is 10.6 Å². The van der Waals surface area contributed by atoms with Crippen LogP contribution in [0.1, 0.15) is 18.4 Å². The van der Waals surface area contributed by atoms with Crippen LogP contribution >= 0.6 is 0 Å².